The van der Waals surface area contributed by atoms with Crippen molar-refractivity contribution in [2.75, 3.05) is 0 Å². The van der Waals surface area contributed by atoms with Gasteiger partial charge in [-0.05, 0) is 23.8 Å². The van der Waals surface area contributed by atoms with Crippen molar-refractivity contribution < 1.29 is 0 Å². The predicted octanol–water partition coefficient (Wildman–Crippen LogP) is 5.21. The first-order valence-electron chi connectivity index (χ1n) is 7.42. The van der Waals surface area contributed by atoms with Gasteiger partial charge in [-0.1, -0.05) is 66.7 Å². The molecular weight excluding hydrogens is 268 g/mol. The quantitative estimate of drug-likeness (QED) is 0.538. The third-order valence-corrected chi connectivity index (χ3v) is 3.95. The van der Waals surface area contributed by atoms with E-state index in [-0.39, 0.29) is 0 Å². The van der Waals surface area contributed by atoms with Gasteiger partial charge in [0.15, 0.2) is 0 Å². The molecule has 2 heteroatoms. The van der Waals surface area contributed by atoms with Crippen LogP contribution in [0.25, 0.3) is 33.4 Å². The van der Waals surface area contributed by atoms with Crippen LogP contribution in [0.4, 0.5) is 0 Å². The van der Waals surface area contributed by atoms with E-state index < -0.39 is 0 Å². The summed E-state index contributed by atoms with van der Waals surface area (Å²) in [4.78, 5) is 8.21. The second kappa shape index (κ2) is 5.15. The summed E-state index contributed by atoms with van der Waals surface area (Å²) in [7, 11) is 0. The number of H-pyrrole nitrogens is 1. The summed E-state index contributed by atoms with van der Waals surface area (Å²) >= 11 is 0. The van der Waals surface area contributed by atoms with Crippen molar-refractivity contribution in [2.24, 2.45) is 0 Å². The molecule has 4 rings (SSSR count). The Balaban J connectivity index is 1.82. The lowest BCUT2D eigenvalue weighted by Crippen LogP contribution is -1.82. The summed E-state index contributed by atoms with van der Waals surface area (Å²) in [6.45, 7) is 2.07. The Hall–Kier alpha value is -2.87. The number of benzene rings is 3. The van der Waals surface area contributed by atoms with Gasteiger partial charge in [0.2, 0.25) is 0 Å². The number of aromatic nitrogens is 2. The summed E-state index contributed by atoms with van der Waals surface area (Å²) < 4.78 is 0. The van der Waals surface area contributed by atoms with E-state index in [2.05, 4.69) is 66.5 Å². The van der Waals surface area contributed by atoms with Crippen LogP contribution in [0.2, 0.25) is 0 Å². The highest BCUT2D eigenvalue weighted by atomic mass is 14.9. The van der Waals surface area contributed by atoms with E-state index >= 15 is 0 Å². The number of fused-ring (bicyclic) bond motifs is 1. The highest BCUT2D eigenvalue weighted by Gasteiger charge is 2.10. The molecule has 3 aromatic carbocycles. The summed E-state index contributed by atoms with van der Waals surface area (Å²) in [5.41, 5.74) is 4.37. The lowest BCUT2D eigenvalue weighted by molar-refractivity contribution is 1.26. The van der Waals surface area contributed by atoms with Crippen molar-refractivity contribution in [3.63, 3.8) is 0 Å². The van der Waals surface area contributed by atoms with Gasteiger partial charge in [0.05, 0.1) is 5.69 Å². The zero-order valence-electron chi connectivity index (χ0n) is 12.4. The minimum atomic E-state index is 0.919. The monoisotopic (exact) mass is 284 g/mol. The lowest BCUT2D eigenvalue weighted by atomic mass is 10.1. The van der Waals surface area contributed by atoms with E-state index in [4.69, 9.17) is 4.98 Å². The summed E-state index contributed by atoms with van der Waals surface area (Å²) in [5, 5.41) is 2.48. The van der Waals surface area contributed by atoms with Gasteiger partial charge in [0.25, 0.3) is 0 Å². The van der Waals surface area contributed by atoms with Crippen LogP contribution in [-0.2, 0) is 0 Å². The van der Waals surface area contributed by atoms with Gasteiger partial charge in [0, 0.05) is 16.8 Å². The zero-order chi connectivity index (χ0) is 14.9. The average Bonchev–Trinajstić information content (AvgIpc) is 2.97. The Bertz CT molecular complexity index is 936. The molecule has 1 heterocycles. The number of hydrogen-bond donors (Lipinski definition) is 1. The second-order valence-electron chi connectivity index (χ2n) is 5.49. The summed E-state index contributed by atoms with van der Waals surface area (Å²) in [5.74, 6) is 0.919. The van der Waals surface area contributed by atoms with Crippen LogP contribution in [0.1, 0.15) is 5.69 Å². The van der Waals surface area contributed by atoms with E-state index in [9.17, 15) is 0 Å². The van der Waals surface area contributed by atoms with Crippen LogP contribution in [0.3, 0.4) is 0 Å². The maximum absolute atomic E-state index is 4.80. The van der Waals surface area contributed by atoms with Crippen molar-refractivity contribution in [2.45, 2.75) is 6.92 Å². The standard InChI is InChI=1S/C20H16N2/c1-14-19(16-8-3-2-4-9-16)22-20(21-14)18-12-11-15-7-5-6-10-17(15)13-18/h2-13H,1H3,(H,21,22). The first kappa shape index (κ1) is 12.8. The Morgan fingerprint density at radius 1 is 0.727 bits per heavy atom. The fourth-order valence-electron chi connectivity index (χ4n) is 2.81. The average molecular weight is 284 g/mol. The molecule has 0 amide bonds. The number of rotatable bonds is 2. The smallest absolute Gasteiger partial charge is 0.138 e. The molecule has 0 aliphatic heterocycles. The van der Waals surface area contributed by atoms with E-state index in [0.29, 0.717) is 0 Å². The van der Waals surface area contributed by atoms with Crippen molar-refractivity contribution in [3.05, 3.63) is 78.5 Å². The van der Waals surface area contributed by atoms with Crippen molar-refractivity contribution in [3.8, 4) is 22.6 Å². The van der Waals surface area contributed by atoms with Gasteiger partial charge >= 0.3 is 0 Å². The van der Waals surface area contributed by atoms with Gasteiger partial charge in [0.1, 0.15) is 5.82 Å². The fourth-order valence-corrected chi connectivity index (χ4v) is 2.81. The van der Waals surface area contributed by atoms with Crippen molar-refractivity contribution >= 4 is 10.8 Å². The molecule has 0 aliphatic rings. The minimum Gasteiger partial charge on any atom is -0.342 e. The molecule has 0 saturated heterocycles. The largest absolute Gasteiger partial charge is 0.342 e. The third kappa shape index (κ3) is 2.19. The number of imidazole rings is 1. The maximum atomic E-state index is 4.80. The molecule has 4 aromatic rings. The van der Waals surface area contributed by atoms with Crippen LogP contribution < -0.4 is 0 Å². The van der Waals surface area contributed by atoms with Crippen LogP contribution in [0.15, 0.2) is 72.8 Å². The highest BCUT2D eigenvalue weighted by molar-refractivity contribution is 5.86. The second-order valence-corrected chi connectivity index (χ2v) is 5.49. The predicted molar refractivity (Wildman–Crippen MR) is 91.7 cm³/mol. The lowest BCUT2D eigenvalue weighted by Gasteiger charge is -2.01. The normalized spacial score (nSPS) is 11.0. The Morgan fingerprint density at radius 3 is 2.27 bits per heavy atom. The van der Waals surface area contributed by atoms with Crippen LogP contribution in [0, 0.1) is 6.92 Å². The first-order valence-corrected chi connectivity index (χ1v) is 7.42. The van der Waals surface area contributed by atoms with E-state index in [1.54, 1.807) is 0 Å². The molecule has 1 aromatic heterocycles. The molecule has 0 saturated carbocycles. The van der Waals surface area contributed by atoms with Crippen LogP contribution >= 0.6 is 0 Å². The van der Waals surface area contributed by atoms with E-state index in [0.717, 1.165) is 28.3 Å². The van der Waals surface area contributed by atoms with Crippen LogP contribution in [0.5, 0.6) is 0 Å². The van der Waals surface area contributed by atoms with Crippen molar-refractivity contribution in [1.29, 1.82) is 0 Å². The molecule has 2 nitrogen and oxygen atoms in total. The fraction of sp³-hybridized carbons (Fsp3) is 0.0500. The Labute approximate surface area is 129 Å². The summed E-state index contributed by atoms with van der Waals surface area (Å²) in [6.07, 6.45) is 0. The molecule has 0 bridgehead atoms. The maximum Gasteiger partial charge on any atom is 0.138 e. The molecule has 22 heavy (non-hydrogen) atoms. The van der Waals surface area contributed by atoms with E-state index in [1.165, 1.54) is 10.8 Å². The molecule has 0 atom stereocenters. The highest BCUT2D eigenvalue weighted by Crippen LogP contribution is 2.27. The van der Waals surface area contributed by atoms with E-state index in [1.807, 2.05) is 18.2 Å². The Kier molecular flexibility index (Phi) is 3.01. The molecular formula is C20H16N2. The molecule has 0 unspecified atom stereocenters. The third-order valence-electron chi connectivity index (χ3n) is 3.95. The van der Waals surface area contributed by atoms with Crippen LogP contribution in [-0.4, -0.2) is 9.97 Å². The molecule has 106 valence electrons. The van der Waals surface area contributed by atoms with Gasteiger partial charge in [-0.2, -0.15) is 0 Å². The molecule has 1 N–H and O–H groups in total. The van der Waals surface area contributed by atoms with Gasteiger partial charge in [-0.15, -0.1) is 0 Å². The molecule has 0 spiro atoms. The molecule has 0 radical (unpaired) electrons. The minimum absolute atomic E-state index is 0.919. The van der Waals surface area contributed by atoms with Gasteiger partial charge < -0.3 is 4.98 Å². The Morgan fingerprint density at radius 2 is 1.45 bits per heavy atom. The van der Waals surface area contributed by atoms with Gasteiger partial charge in [-0.25, -0.2) is 4.98 Å². The zero-order valence-corrected chi connectivity index (χ0v) is 12.4. The molecule has 0 aliphatic carbocycles. The topological polar surface area (TPSA) is 28.7 Å². The number of hydrogen-bond acceptors (Lipinski definition) is 1. The summed E-state index contributed by atoms with van der Waals surface area (Å²) in [6, 6.07) is 25.1. The first-order chi connectivity index (χ1) is 10.8. The number of aromatic amines is 1. The van der Waals surface area contributed by atoms with Gasteiger partial charge in [-0.3, -0.25) is 0 Å². The number of nitrogens with one attached hydrogen (secondary N) is 1. The number of nitrogens with zero attached hydrogens (tertiary/aromatic N) is 1. The molecule has 0 fully saturated rings. The SMILES string of the molecule is Cc1[nH]c(-c2ccc3ccccc3c2)nc1-c1ccccc1. The van der Waals surface area contributed by atoms with Crippen molar-refractivity contribution in [1.82, 2.24) is 9.97 Å². The number of aryl methyl sites for hydroxylation is 1.